The fourth-order valence-electron chi connectivity index (χ4n) is 3.05. The van der Waals surface area contributed by atoms with E-state index in [1.54, 1.807) is 30.3 Å². The van der Waals surface area contributed by atoms with Crippen molar-refractivity contribution in [2.24, 2.45) is 5.92 Å². The van der Waals surface area contributed by atoms with E-state index in [1.165, 1.54) is 0 Å². The zero-order valence-electron chi connectivity index (χ0n) is 14.0. The van der Waals surface area contributed by atoms with E-state index < -0.39 is 0 Å². The molecular weight excluding hydrogens is 359 g/mol. The Labute approximate surface area is 157 Å². The molecule has 1 N–H and O–H groups in total. The number of para-hydroxylation sites is 1. The Balaban J connectivity index is 1.80. The fraction of sp³-hybridized carbons (Fsp3) is 0.316. The largest absolute Gasteiger partial charge is 0.455 e. The molecule has 1 atom stereocenters. The first kappa shape index (κ1) is 18.1. The number of carbonyl (C=O) groups is 1. The molecule has 2 aromatic carbocycles. The Morgan fingerprint density at radius 3 is 2.80 bits per heavy atom. The molecule has 25 heavy (non-hydrogen) atoms. The quantitative estimate of drug-likeness (QED) is 0.834. The van der Waals surface area contributed by atoms with E-state index in [0.29, 0.717) is 33.0 Å². The van der Waals surface area contributed by atoms with Crippen molar-refractivity contribution >= 4 is 29.1 Å². The van der Waals surface area contributed by atoms with E-state index in [4.69, 9.17) is 27.9 Å². The molecule has 1 aliphatic heterocycles. The van der Waals surface area contributed by atoms with Crippen LogP contribution in [-0.4, -0.2) is 37.5 Å². The van der Waals surface area contributed by atoms with E-state index in [0.717, 1.165) is 26.1 Å². The number of carbonyl (C=O) groups excluding carboxylic acids is 1. The lowest BCUT2D eigenvalue weighted by molar-refractivity contribution is 0.0784. The summed E-state index contributed by atoms with van der Waals surface area (Å²) in [6.45, 7) is 2.44. The number of hydrogen-bond donors (Lipinski definition) is 1. The standard InChI is InChI=1S/C19H20Cl2N2O2/c1-22-11-13-8-9-23(12-13)19(24)15-4-2-3-5-17(15)25-18-7-6-14(20)10-16(18)21/h2-7,10,13,22H,8-9,11-12H2,1H3. The van der Waals surface area contributed by atoms with E-state index in [2.05, 4.69) is 5.32 Å². The molecule has 1 amide bonds. The number of nitrogens with one attached hydrogen (secondary N) is 1. The molecule has 0 saturated carbocycles. The van der Waals surface area contributed by atoms with Gasteiger partial charge in [0.2, 0.25) is 0 Å². The summed E-state index contributed by atoms with van der Waals surface area (Å²) in [7, 11) is 1.93. The molecule has 4 nitrogen and oxygen atoms in total. The van der Waals surface area contributed by atoms with Crippen molar-refractivity contribution in [3.8, 4) is 11.5 Å². The van der Waals surface area contributed by atoms with Gasteiger partial charge in [0.15, 0.2) is 0 Å². The maximum Gasteiger partial charge on any atom is 0.257 e. The van der Waals surface area contributed by atoms with Crippen molar-refractivity contribution in [1.82, 2.24) is 10.2 Å². The number of amides is 1. The molecule has 0 spiro atoms. The molecule has 3 rings (SSSR count). The van der Waals surface area contributed by atoms with Gasteiger partial charge in [-0.05, 0) is 56.3 Å². The van der Waals surface area contributed by atoms with Crippen molar-refractivity contribution in [2.75, 3.05) is 26.7 Å². The lowest BCUT2D eigenvalue weighted by Crippen LogP contribution is -2.30. The van der Waals surface area contributed by atoms with Crippen molar-refractivity contribution in [2.45, 2.75) is 6.42 Å². The van der Waals surface area contributed by atoms with Crippen LogP contribution in [0.2, 0.25) is 10.0 Å². The molecule has 6 heteroatoms. The van der Waals surface area contributed by atoms with Gasteiger partial charge in [-0.1, -0.05) is 35.3 Å². The first-order valence-electron chi connectivity index (χ1n) is 8.24. The van der Waals surface area contributed by atoms with Crippen molar-refractivity contribution < 1.29 is 9.53 Å². The third-order valence-electron chi connectivity index (χ3n) is 4.30. The summed E-state index contributed by atoms with van der Waals surface area (Å²) < 4.78 is 5.90. The van der Waals surface area contributed by atoms with Gasteiger partial charge in [-0.2, -0.15) is 0 Å². The zero-order chi connectivity index (χ0) is 17.8. The SMILES string of the molecule is CNCC1CCN(C(=O)c2ccccc2Oc2ccc(Cl)cc2Cl)C1. The minimum atomic E-state index is -0.0145. The highest BCUT2D eigenvalue weighted by molar-refractivity contribution is 6.35. The normalized spacial score (nSPS) is 16.9. The highest BCUT2D eigenvalue weighted by atomic mass is 35.5. The second-order valence-corrected chi connectivity index (χ2v) is 6.98. The third-order valence-corrected chi connectivity index (χ3v) is 4.83. The molecule has 2 aromatic rings. The smallest absolute Gasteiger partial charge is 0.257 e. The summed E-state index contributed by atoms with van der Waals surface area (Å²) >= 11 is 12.1. The molecule has 1 aliphatic rings. The molecule has 0 aromatic heterocycles. The Morgan fingerprint density at radius 2 is 2.04 bits per heavy atom. The van der Waals surface area contributed by atoms with Gasteiger partial charge >= 0.3 is 0 Å². The maximum absolute atomic E-state index is 12.9. The van der Waals surface area contributed by atoms with Crippen LogP contribution in [0.1, 0.15) is 16.8 Å². The Kier molecular flexibility index (Phi) is 5.84. The highest BCUT2D eigenvalue weighted by Gasteiger charge is 2.28. The molecule has 1 fully saturated rings. The second kappa shape index (κ2) is 8.09. The number of hydrogen-bond acceptors (Lipinski definition) is 3. The number of halogens is 2. The number of likely N-dealkylation sites (tertiary alicyclic amines) is 1. The van der Waals surface area contributed by atoms with E-state index >= 15 is 0 Å². The average Bonchev–Trinajstić information content (AvgIpc) is 3.06. The number of rotatable bonds is 5. The first-order valence-corrected chi connectivity index (χ1v) is 9.00. The minimum Gasteiger partial charge on any atom is -0.455 e. The van der Waals surface area contributed by atoms with Gasteiger partial charge in [0.05, 0.1) is 10.6 Å². The van der Waals surface area contributed by atoms with Crippen LogP contribution in [0.4, 0.5) is 0 Å². The van der Waals surface area contributed by atoms with Gasteiger partial charge in [0.25, 0.3) is 5.91 Å². The Hall–Kier alpha value is -1.75. The van der Waals surface area contributed by atoms with Gasteiger partial charge < -0.3 is 15.0 Å². The van der Waals surface area contributed by atoms with Crippen LogP contribution in [0.5, 0.6) is 11.5 Å². The predicted octanol–water partition coefficient (Wildman–Crippen LogP) is 4.47. The number of nitrogens with zero attached hydrogens (tertiary/aromatic N) is 1. The van der Waals surface area contributed by atoms with E-state index in [1.807, 2.05) is 24.1 Å². The van der Waals surface area contributed by atoms with Gasteiger partial charge in [0.1, 0.15) is 11.5 Å². The van der Waals surface area contributed by atoms with Crippen LogP contribution in [0.3, 0.4) is 0 Å². The summed E-state index contributed by atoms with van der Waals surface area (Å²) in [6, 6.07) is 12.3. The summed E-state index contributed by atoms with van der Waals surface area (Å²) in [6.07, 6.45) is 1.01. The van der Waals surface area contributed by atoms with Crippen LogP contribution in [0.15, 0.2) is 42.5 Å². The van der Waals surface area contributed by atoms with E-state index in [-0.39, 0.29) is 5.91 Å². The molecule has 0 bridgehead atoms. The Morgan fingerprint density at radius 1 is 1.24 bits per heavy atom. The number of ether oxygens (including phenoxy) is 1. The average molecular weight is 379 g/mol. The van der Waals surface area contributed by atoms with Crippen LogP contribution < -0.4 is 10.1 Å². The number of benzene rings is 2. The van der Waals surface area contributed by atoms with Gasteiger partial charge in [-0.25, -0.2) is 0 Å². The topological polar surface area (TPSA) is 41.6 Å². The zero-order valence-corrected chi connectivity index (χ0v) is 15.5. The van der Waals surface area contributed by atoms with Crippen molar-refractivity contribution in [3.05, 3.63) is 58.1 Å². The van der Waals surface area contributed by atoms with Gasteiger partial charge in [-0.15, -0.1) is 0 Å². The molecule has 1 unspecified atom stereocenters. The molecule has 0 aliphatic carbocycles. The molecular formula is C19H20Cl2N2O2. The predicted molar refractivity (Wildman–Crippen MR) is 101 cm³/mol. The van der Waals surface area contributed by atoms with Crippen LogP contribution >= 0.6 is 23.2 Å². The highest BCUT2D eigenvalue weighted by Crippen LogP contribution is 2.33. The maximum atomic E-state index is 12.9. The van der Waals surface area contributed by atoms with Crippen LogP contribution in [-0.2, 0) is 0 Å². The Bertz CT molecular complexity index is 767. The lowest BCUT2D eigenvalue weighted by Gasteiger charge is -2.19. The van der Waals surface area contributed by atoms with Crippen molar-refractivity contribution in [1.29, 1.82) is 0 Å². The summed E-state index contributed by atoms with van der Waals surface area (Å²) in [5, 5.41) is 4.12. The summed E-state index contributed by atoms with van der Waals surface area (Å²) in [5.74, 6) is 1.45. The summed E-state index contributed by atoms with van der Waals surface area (Å²) in [4.78, 5) is 14.8. The van der Waals surface area contributed by atoms with Crippen LogP contribution in [0.25, 0.3) is 0 Å². The van der Waals surface area contributed by atoms with Crippen molar-refractivity contribution in [3.63, 3.8) is 0 Å². The summed E-state index contributed by atoms with van der Waals surface area (Å²) in [5.41, 5.74) is 0.540. The molecule has 132 valence electrons. The van der Waals surface area contributed by atoms with Gasteiger partial charge in [0, 0.05) is 18.1 Å². The molecule has 1 saturated heterocycles. The molecule has 0 radical (unpaired) electrons. The molecule has 1 heterocycles. The van der Waals surface area contributed by atoms with E-state index in [9.17, 15) is 4.79 Å². The fourth-order valence-corrected chi connectivity index (χ4v) is 3.50. The van der Waals surface area contributed by atoms with Gasteiger partial charge in [-0.3, -0.25) is 4.79 Å². The monoisotopic (exact) mass is 378 g/mol. The second-order valence-electron chi connectivity index (χ2n) is 6.14. The third kappa shape index (κ3) is 4.27. The minimum absolute atomic E-state index is 0.0145. The van der Waals surface area contributed by atoms with Crippen LogP contribution in [0, 0.1) is 5.92 Å². The lowest BCUT2D eigenvalue weighted by atomic mass is 10.1. The first-order chi connectivity index (χ1) is 12.1.